The Labute approximate surface area is 128 Å². The maximum Gasteiger partial charge on any atom is 0.350 e. The third-order valence-corrected chi connectivity index (χ3v) is 3.30. The lowest BCUT2D eigenvalue weighted by atomic mass is 9.92. The second-order valence-electron chi connectivity index (χ2n) is 4.69. The van der Waals surface area contributed by atoms with Crippen molar-refractivity contribution in [3.63, 3.8) is 0 Å². The van der Waals surface area contributed by atoms with Gasteiger partial charge in [-0.1, -0.05) is 36.4 Å². The molecule has 22 heavy (non-hydrogen) atoms. The van der Waals surface area contributed by atoms with Gasteiger partial charge in [-0.15, -0.1) is 0 Å². The van der Waals surface area contributed by atoms with Crippen LogP contribution in [-0.2, 0) is 23.8 Å². The van der Waals surface area contributed by atoms with E-state index in [-0.39, 0.29) is 5.90 Å². The highest BCUT2D eigenvalue weighted by Gasteiger charge is 2.59. The summed E-state index contributed by atoms with van der Waals surface area (Å²) < 4.78 is 15.0. The number of aliphatic imine (C=N–C) groups is 1. The Kier molecular flexibility index (Phi) is 4.60. The standard InChI is InChI=1S/C16H17NO5/c1-11-17-16(14(18)20-2,15(19)21-3)13(22-11)10-9-12-7-5-4-6-8-12/h4-10,13H,1-3H3/b10-9-. The van der Waals surface area contributed by atoms with Gasteiger partial charge in [-0.05, 0) is 11.6 Å². The highest BCUT2D eigenvalue weighted by Crippen LogP contribution is 2.30. The predicted molar refractivity (Wildman–Crippen MR) is 80.2 cm³/mol. The Balaban J connectivity index is 2.39. The van der Waals surface area contributed by atoms with Crippen molar-refractivity contribution in [2.75, 3.05) is 14.2 Å². The molecule has 1 aliphatic rings. The molecule has 1 aliphatic heterocycles. The first-order chi connectivity index (χ1) is 10.5. The number of hydrogen-bond acceptors (Lipinski definition) is 6. The third kappa shape index (κ3) is 2.72. The lowest BCUT2D eigenvalue weighted by molar-refractivity contribution is -0.163. The molecule has 0 spiro atoms. The summed E-state index contributed by atoms with van der Waals surface area (Å²) in [5.74, 6) is -1.42. The fourth-order valence-electron chi connectivity index (χ4n) is 2.27. The van der Waals surface area contributed by atoms with E-state index < -0.39 is 23.6 Å². The molecule has 0 radical (unpaired) electrons. The minimum atomic E-state index is -1.86. The van der Waals surface area contributed by atoms with Crippen LogP contribution in [0.5, 0.6) is 0 Å². The zero-order chi connectivity index (χ0) is 16.2. The monoisotopic (exact) mass is 303 g/mol. The molecule has 0 N–H and O–H groups in total. The van der Waals surface area contributed by atoms with Crippen LogP contribution < -0.4 is 0 Å². The van der Waals surface area contributed by atoms with E-state index in [9.17, 15) is 9.59 Å². The maximum atomic E-state index is 12.2. The number of nitrogens with zero attached hydrogens (tertiary/aromatic N) is 1. The molecule has 1 aromatic rings. The Bertz CT molecular complexity index is 605. The summed E-state index contributed by atoms with van der Waals surface area (Å²) in [6, 6.07) is 9.42. The van der Waals surface area contributed by atoms with Crippen LogP contribution in [0.25, 0.3) is 6.08 Å². The Morgan fingerprint density at radius 1 is 1.18 bits per heavy atom. The van der Waals surface area contributed by atoms with Crippen LogP contribution in [0.2, 0.25) is 0 Å². The minimum Gasteiger partial charge on any atom is -0.470 e. The van der Waals surface area contributed by atoms with E-state index in [1.165, 1.54) is 14.2 Å². The van der Waals surface area contributed by atoms with Gasteiger partial charge in [0.2, 0.25) is 0 Å². The number of rotatable bonds is 4. The number of methoxy groups -OCH3 is 2. The summed E-state index contributed by atoms with van der Waals surface area (Å²) in [5, 5.41) is 0. The van der Waals surface area contributed by atoms with Crippen LogP contribution in [0, 0.1) is 0 Å². The lowest BCUT2D eigenvalue weighted by Crippen LogP contribution is -2.53. The van der Waals surface area contributed by atoms with Gasteiger partial charge in [-0.3, -0.25) is 0 Å². The summed E-state index contributed by atoms with van der Waals surface area (Å²) >= 11 is 0. The second kappa shape index (κ2) is 6.43. The van der Waals surface area contributed by atoms with Crippen molar-refractivity contribution in [1.82, 2.24) is 0 Å². The number of carbonyl (C=O) groups excluding carboxylic acids is 2. The molecular weight excluding hydrogens is 286 g/mol. The molecule has 0 aliphatic carbocycles. The van der Waals surface area contributed by atoms with Crippen molar-refractivity contribution in [3.05, 3.63) is 42.0 Å². The average molecular weight is 303 g/mol. The van der Waals surface area contributed by atoms with E-state index in [1.807, 2.05) is 30.3 Å². The Morgan fingerprint density at radius 3 is 2.32 bits per heavy atom. The first-order valence-electron chi connectivity index (χ1n) is 6.67. The summed E-state index contributed by atoms with van der Waals surface area (Å²) in [6.45, 7) is 1.57. The highest BCUT2D eigenvalue weighted by molar-refractivity contribution is 6.09. The number of esters is 2. The molecule has 6 nitrogen and oxygen atoms in total. The summed E-state index contributed by atoms with van der Waals surface area (Å²) in [7, 11) is 2.38. The molecule has 0 saturated carbocycles. The molecule has 0 amide bonds. The third-order valence-electron chi connectivity index (χ3n) is 3.30. The predicted octanol–water partition coefficient (Wildman–Crippen LogP) is 1.60. The molecule has 2 rings (SSSR count). The molecule has 1 heterocycles. The zero-order valence-corrected chi connectivity index (χ0v) is 12.6. The Morgan fingerprint density at radius 2 is 1.77 bits per heavy atom. The maximum absolute atomic E-state index is 12.2. The number of carbonyl (C=O) groups is 2. The van der Waals surface area contributed by atoms with Crippen molar-refractivity contribution in [1.29, 1.82) is 0 Å². The molecular formula is C16H17NO5. The van der Waals surface area contributed by atoms with Crippen LogP contribution in [0.1, 0.15) is 12.5 Å². The summed E-state index contributed by atoms with van der Waals surface area (Å²) in [5.41, 5.74) is -0.960. The van der Waals surface area contributed by atoms with Crippen LogP contribution in [0.4, 0.5) is 0 Å². The molecule has 1 atom stereocenters. The van der Waals surface area contributed by atoms with E-state index in [0.29, 0.717) is 0 Å². The topological polar surface area (TPSA) is 74.2 Å². The van der Waals surface area contributed by atoms with Gasteiger partial charge in [-0.2, -0.15) is 0 Å². The first kappa shape index (κ1) is 15.8. The smallest absolute Gasteiger partial charge is 0.350 e. The number of ether oxygens (including phenoxy) is 3. The average Bonchev–Trinajstić information content (AvgIpc) is 2.89. The second-order valence-corrected chi connectivity index (χ2v) is 4.69. The highest BCUT2D eigenvalue weighted by atomic mass is 16.6. The number of benzene rings is 1. The molecule has 1 unspecified atom stereocenters. The van der Waals surface area contributed by atoms with Crippen molar-refractivity contribution in [2.24, 2.45) is 4.99 Å². The fraction of sp³-hybridized carbons (Fsp3) is 0.312. The van der Waals surface area contributed by atoms with E-state index in [0.717, 1.165) is 5.56 Å². The quantitative estimate of drug-likeness (QED) is 0.624. The lowest BCUT2D eigenvalue weighted by Gasteiger charge is -2.24. The fourth-order valence-corrected chi connectivity index (χ4v) is 2.27. The van der Waals surface area contributed by atoms with E-state index >= 15 is 0 Å². The molecule has 6 heteroatoms. The molecule has 0 aromatic heterocycles. The summed E-state index contributed by atoms with van der Waals surface area (Å²) in [4.78, 5) is 28.4. The van der Waals surface area contributed by atoms with Gasteiger partial charge in [0, 0.05) is 6.92 Å². The molecule has 0 saturated heterocycles. The van der Waals surface area contributed by atoms with Crippen LogP contribution in [0.15, 0.2) is 41.4 Å². The number of hydrogen-bond donors (Lipinski definition) is 0. The van der Waals surface area contributed by atoms with Crippen molar-refractivity contribution in [3.8, 4) is 0 Å². The van der Waals surface area contributed by atoms with Gasteiger partial charge in [0.15, 0.2) is 12.0 Å². The van der Waals surface area contributed by atoms with E-state index in [4.69, 9.17) is 14.2 Å². The zero-order valence-electron chi connectivity index (χ0n) is 12.6. The normalized spacial score (nSPS) is 19.4. The van der Waals surface area contributed by atoms with Crippen molar-refractivity contribution in [2.45, 2.75) is 18.6 Å². The van der Waals surface area contributed by atoms with Gasteiger partial charge >= 0.3 is 11.9 Å². The van der Waals surface area contributed by atoms with E-state index in [2.05, 4.69) is 4.99 Å². The van der Waals surface area contributed by atoms with Gasteiger partial charge < -0.3 is 14.2 Å². The van der Waals surface area contributed by atoms with Crippen molar-refractivity contribution < 1.29 is 23.8 Å². The van der Waals surface area contributed by atoms with Crippen molar-refractivity contribution >= 4 is 23.9 Å². The van der Waals surface area contributed by atoms with Gasteiger partial charge in [0.05, 0.1) is 14.2 Å². The summed E-state index contributed by atoms with van der Waals surface area (Å²) in [6.07, 6.45) is 2.43. The Hall–Kier alpha value is -2.63. The minimum absolute atomic E-state index is 0.221. The molecule has 0 bridgehead atoms. The SMILES string of the molecule is COC(=O)C1(C(=O)OC)N=C(C)OC1/C=C\c1ccccc1. The largest absolute Gasteiger partial charge is 0.470 e. The van der Waals surface area contributed by atoms with Gasteiger partial charge in [-0.25, -0.2) is 14.6 Å². The first-order valence-corrected chi connectivity index (χ1v) is 6.67. The van der Waals surface area contributed by atoms with E-state index in [1.54, 1.807) is 19.1 Å². The van der Waals surface area contributed by atoms with Crippen LogP contribution in [-0.4, -0.2) is 43.7 Å². The molecule has 116 valence electrons. The van der Waals surface area contributed by atoms with Crippen LogP contribution in [0.3, 0.4) is 0 Å². The molecule has 1 aromatic carbocycles. The van der Waals surface area contributed by atoms with Gasteiger partial charge in [0.1, 0.15) is 0 Å². The van der Waals surface area contributed by atoms with Crippen LogP contribution >= 0.6 is 0 Å². The van der Waals surface area contributed by atoms with Gasteiger partial charge in [0.25, 0.3) is 5.54 Å². The molecule has 0 fully saturated rings.